The van der Waals surface area contributed by atoms with Crippen LogP contribution in [-0.4, -0.2) is 37.0 Å². The van der Waals surface area contributed by atoms with Crippen molar-refractivity contribution >= 4 is 24.2 Å². The number of halogens is 1. The van der Waals surface area contributed by atoms with E-state index in [4.69, 9.17) is 31.1 Å². The highest BCUT2D eigenvalue weighted by Crippen LogP contribution is 2.22. The maximum absolute atomic E-state index is 8.95. The summed E-state index contributed by atoms with van der Waals surface area (Å²) >= 11 is 5.93. The molecule has 0 bridgehead atoms. The van der Waals surface area contributed by atoms with E-state index in [2.05, 4.69) is 0 Å². The second-order valence-corrected chi connectivity index (χ2v) is 3.93. The van der Waals surface area contributed by atoms with Gasteiger partial charge in [0.25, 0.3) is 0 Å². The highest BCUT2D eigenvalue weighted by atomic mass is 35.5. The molecule has 0 aliphatic heterocycles. The fourth-order valence-corrected chi connectivity index (χ4v) is 1.50. The van der Waals surface area contributed by atoms with E-state index >= 15 is 0 Å². The average Bonchev–Trinajstić information content (AvgIpc) is 2.30. The number of rotatable bonds is 7. The van der Waals surface area contributed by atoms with Crippen molar-refractivity contribution in [2.24, 2.45) is 0 Å². The van der Waals surface area contributed by atoms with Crippen LogP contribution in [0, 0.1) is 0 Å². The van der Waals surface area contributed by atoms with E-state index in [1.54, 1.807) is 12.1 Å². The van der Waals surface area contributed by atoms with Gasteiger partial charge >= 0.3 is 7.12 Å². The summed E-state index contributed by atoms with van der Waals surface area (Å²) in [5.41, 5.74) is 0.338. The van der Waals surface area contributed by atoms with Crippen LogP contribution in [0.5, 0.6) is 5.75 Å². The molecule has 0 spiro atoms. The Bertz CT molecular complexity index is 346. The molecule has 17 heavy (non-hydrogen) atoms. The Hall–Kier alpha value is -0.745. The van der Waals surface area contributed by atoms with Crippen LogP contribution in [0.1, 0.15) is 13.3 Å². The Balaban J connectivity index is 2.43. The lowest BCUT2D eigenvalue weighted by Crippen LogP contribution is -2.29. The van der Waals surface area contributed by atoms with Gasteiger partial charge in [0.1, 0.15) is 12.4 Å². The summed E-state index contributed by atoms with van der Waals surface area (Å²) in [5.74, 6) is 0.510. The smallest absolute Gasteiger partial charge is 0.488 e. The number of benzene rings is 1. The van der Waals surface area contributed by atoms with E-state index in [0.717, 1.165) is 6.42 Å². The molecule has 94 valence electrons. The number of ether oxygens (including phenoxy) is 2. The summed E-state index contributed by atoms with van der Waals surface area (Å²) in [6, 6.07) is 4.63. The lowest BCUT2D eigenvalue weighted by atomic mass is 9.80. The summed E-state index contributed by atoms with van der Waals surface area (Å²) in [7, 11) is -1.52. The van der Waals surface area contributed by atoms with Crippen molar-refractivity contribution in [3.63, 3.8) is 0 Å². The van der Waals surface area contributed by atoms with Gasteiger partial charge in [-0.1, -0.05) is 24.6 Å². The van der Waals surface area contributed by atoms with Crippen molar-refractivity contribution in [2.75, 3.05) is 19.8 Å². The quantitative estimate of drug-likeness (QED) is 0.562. The van der Waals surface area contributed by atoms with Gasteiger partial charge in [-0.15, -0.1) is 0 Å². The van der Waals surface area contributed by atoms with Crippen LogP contribution in [0.3, 0.4) is 0 Å². The van der Waals surface area contributed by atoms with E-state index in [1.807, 2.05) is 6.92 Å². The van der Waals surface area contributed by atoms with E-state index < -0.39 is 7.12 Å². The third-order valence-corrected chi connectivity index (χ3v) is 2.38. The van der Waals surface area contributed by atoms with Crippen LogP contribution in [0.15, 0.2) is 18.2 Å². The maximum Gasteiger partial charge on any atom is 0.488 e. The first-order valence-corrected chi connectivity index (χ1v) is 5.89. The predicted molar refractivity (Wildman–Crippen MR) is 67.9 cm³/mol. The monoisotopic (exact) mass is 258 g/mol. The first-order valence-electron chi connectivity index (χ1n) is 5.51. The Kier molecular flexibility index (Phi) is 6.36. The highest BCUT2D eigenvalue weighted by Gasteiger charge is 2.12. The molecule has 0 saturated heterocycles. The molecule has 0 aromatic heterocycles. The zero-order valence-electron chi connectivity index (χ0n) is 9.73. The molecule has 0 saturated carbocycles. The molecule has 4 nitrogen and oxygen atoms in total. The topological polar surface area (TPSA) is 58.9 Å². The molecule has 0 radical (unpaired) electrons. The first kappa shape index (κ1) is 14.3. The predicted octanol–water partition coefficient (Wildman–Crippen LogP) is 0.825. The molecule has 0 atom stereocenters. The van der Waals surface area contributed by atoms with Gasteiger partial charge in [-0.25, -0.2) is 0 Å². The Morgan fingerprint density at radius 2 is 2.00 bits per heavy atom. The van der Waals surface area contributed by atoms with Gasteiger partial charge in [0.2, 0.25) is 0 Å². The third kappa shape index (κ3) is 4.96. The first-order chi connectivity index (χ1) is 8.15. The Labute approximate surface area is 106 Å². The van der Waals surface area contributed by atoms with Gasteiger partial charge in [0, 0.05) is 6.61 Å². The van der Waals surface area contributed by atoms with Crippen molar-refractivity contribution < 1.29 is 19.5 Å². The van der Waals surface area contributed by atoms with Crippen molar-refractivity contribution in [2.45, 2.75) is 13.3 Å². The van der Waals surface area contributed by atoms with Crippen LogP contribution < -0.4 is 10.2 Å². The Morgan fingerprint density at radius 3 is 2.59 bits per heavy atom. The normalized spacial score (nSPS) is 10.4. The van der Waals surface area contributed by atoms with Crippen LogP contribution in [0.25, 0.3) is 0 Å². The summed E-state index contributed by atoms with van der Waals surface area (Å²) in [6.45, 7) is 3.68. The molecule has 2 N–H and O–H groups in total. The average molecular weight is 259 g/mol. The maximum atomic E-state index is 8.95. The minimum Gasteiger partial charge on any atom is -0.490 e. The summed E-state index contributed by atoms with van der Waals surface area (Å²) in [6.07, 6.45) is 0.976. The second kappa shape index (κ2) is 7.56. The molecule has 0 fully saturated rings. The fraction of sp³-hybridized carbons (Fsp3) is 0.455. The van der Waals surface area contributed by atoms with E-state index in [-0.39, 0.29) is 0 Å². The summed E-state index contributed by atoms with van der Waals surface area (Å²) < 4.78 is 10.7. The number of hydrogen-bond acceptors (Lipinski definition) is 4. The van der Waals surface area contributed by atoms with E-state index in [9.17, 15) is 0 Å². The van der Waals surface area contributed by atoms with Crippen molar-refractivity contribution in [3.8, 4) is 5.75 Å². The van der Waals surface area contributed by atoms with Crippen LogP contribution in [0.2, 0.25) is 5.02 Å². The van der Waals surface area contributed by atoms with Gasteiger partial charge in [-0.2, -0.15) is 0 Å². The largest absolute Gasteiger partial charge is 0.490 e. The zero-order valence-corrected chi connectivity index (χ0v) is 10.5. The molecular formula is C11H16BClO4. The molecule has 1 aromatic rings. The van der Waals surface area contributed by atoms with Gasteiger partial charge in [-0.05, 0) is 24.0 Å². The second-order valence-electron chi connectivity index (χ2n) is 3.52. The molecular weight excluding hydrogens is 242 g/mol. The number of hydrogen-bond donors (Lipinski definition) is 2. The summed E-state index contributed by atoms with van der Waals surface area (Å²) in [4.78, 5) is 0. The van der Waals surface area contributed by atoms with Gasteiger partial charge < -0.3 is 19.5 Å². The lowest BCUT2D eigenvalue weighted by Gasteiger charge is -2.09. The molecule has 1 rings (SSSR count). The molecule has 0 amide bonds. The van der Waals surface area contributed by atoms with Crippen molar-refractivity contribution in [1.82, 2.24) is 0 Å². The summed E-state index contributed by atoms with van der Waals surface area (Å²) in [5, 5.41) is 18.2. The van der Waals surface area contributed by atoms with Crippen molar-refractivity contribution in [1.29, 1.82) is 0 Å². The standard InChI is InChI=1S/C11H16BClO4/c1-2-5-16-6-7-17-11-4-3-9(12(14)15)8-10(11)13/h3-4,8,14-15H,2,5-7H2,1H3. The SMILES string of the molecule is CCCOCCOc1ccc(B(O)O)cc1Cl. The molecule has 0 aliphatic carbocycles. The van der Waals surface area contributed by atoms with Gasteiger partial charge in [0.15, 0.2) is 0 Å². The third-order valence-electron chi connectivity index (χ3n) is 2.09. The van der Waals surface area contributed by atoms with E-state index in [0.29, 0.717) is 36.1 Å². The molecule has 1 aromatic carbocycles. The van der Waals surface area contributed by atoms with Crippen LogP contribution in [-0.2, 0) is 4.74 Å². The molecule has 0 heterocycles. The fourth-order valence-electron chi connectivity index (χ4n) is 1.25. The van der Waals surface area contributed by atoms with Crippen LogP contribution in [0.4, 0.5) is 0 Å². The lowest BCUT2D eigenvalue weighted by molar-refractivity contribution is 0.101. The minimum atomic E-state index is -1.52. The molecule has 0 unspecified atom stereocenters. The highest BCUT2D eigenvalue weighted by molar-refractivity contribution is 6.59. The molecule has 6 heteroatoms. The van der Waals surface area contributed by atoms with Crippen LogP contribution >= 0.6 is 11.6 Å². The minimum absolute atomic E-state index is 0.338. The zero-order chi connectivity index (χ0) is 12.7. The van der Waals surface area contributed by atoms with Gasteiger partial charge in [-0.3, -0.25) is 0 Å². The van der Waals surface area contributed by atoms with E-state index in [1.165, 1.54) is 6.07 Å². The van der Waals surface area contributed by atoms with Crippen molar-refractivity contribution in [3.05, 3.63) is 23.2 Å². The molecule has 0 aliphatic rings. The van der Waals surface area contributed by atoms with Gasteiger partial charge in [0.05, 0.1) is 11.6 Å². The Morgan fingerprint density at radius 1 is 1.24 bits per heavy atom.